The summed E-state index contributed by atoms with van der Waals surface area (Å²) in [5.41, 5.74) is 7.66. The molecule has 0 radical (unpaired) electrons. The van der Waals surface area contributed by atoms with Gasteiger partial charge < -0.3 is 16.0 Å². The maximum atomic E-state index is 12.9. The van der Waals surface area contributed by atoms with E-state index < -0.39 is 11.8 Å². The Labute approximate surface area is 169 Å². The van der Waals surface area contributed by atoms with Gasteiger partial charge in [0.2, 0.25) is 5.91 Å². The van der Waals surface area contributed by atoms with E-state index in [-0.39, 0.29) is 11.5 Å². The second-order valence-corrected chi connectivity index (χ2v) is 6.59. The summed E-state index contributed by atoms with van der Waals surface area (Å²) in [5, 5.41) is 2.75. The number of benzene rings is 3. The molecule has 0 fully saturated rings. The van der Waals surface area contributed by atoms with Crippen molar-refractivity contribution in [1.29, 1.82) is 0 Å². The van der Waals surface area contributed by atoms with Crippen LogP contribution in [-0.2, 0) is 6.54 Å². The summed E-state index contributed by atoms with van der Waals surface area (Å²) in [5.74, 6) is -1.20. The first-order valence-corrected chi connectivity index (χ1v) is 9.05. The average Bonchev–Trinajstić information content (AvgIpc) is 2.74. The van der Waals surface area contributed by atoms with Crippen molar-refractivity contribution in [3.8, 4) is 0 Å². The van der Waals surface area contributed by atoms with Gasteiger partial charge in [0, 0.05) is 24.8 Å². The molecule has 0 aromatic heterocycles. The van der Waals surface area contributed by atoms with Gasteiger partial charge in [0.1, 0.15) is 0 Å². The lowest BCUT2D eigenvalue weighted by Gasteiger charge is -2.19. The summed E-state index contributed by atoms with van der Waals surface area (Å²) in [6.07, 6.45) is 0. The number of carbonyl (C=O) groups is 3. The van der Waals surface area contributed by atoms with Gasteiger partial charge >= 0.3 is 0 Å². The van der Waals surface area contributed by atoms with Crippen molar-refractivity contribution in [2.75, 3.05) is 12.4 Å². The lowest BCUT2D eigenvalue weighted by molar-refractivity contribution is 0.0780. The molecule has 0 aliphatic carbocycles. The first-order valence-electron chi connectivity index (χ1n) is 9.05. The van der Waals surface area contributed by atoms with Gasteiger partial charge in [-0.25, -0.2) is 0 Å². The normalized spacial score (nSPS) is 10.2. The number of primary amides is 1. The fourth-order valence-corrected chi connectivity index (χ4v) is 2.92. The van der Waals surface area contributed by atoms with E-state index in [0.717, 1.165) is 5.56 Å². The van der Waals surface area contributed by atoms with Crippen LogP contribution in [0.15, 0.2) is 78.9 Å². The molecular formula is C23H21N3O3. The van der Waals surface area contributed by atoms with Gasteiger partial charge in [0.25, 0.3) is 11.8 Å². The molecular weight excluding hydrogens is 366 g/mol. The summed E-state index contributed by atoms with van der Waals surface area (Å²) < 4.78 is 0. The summed E-state index contributed by atoms with van der Waals surface area (Å²) in [6, 6.07) is 22.5. The Balaban J connectivity index is 1.77. The number of hydrogen-bond acceptors (Lipinski definition) is 3. The summed E-state index contributed by atoms with van der Waals surface area (Å²) in [7, 11) is 1.70. The molecule has 3 aromatic rings. The summed E-state index contributed by atoms with van der Waals surface area (Å²) in [6.45, 7) is 0.435. The SMILES string of the molecule is CN(Cc1ccccc1)C(=O)c1ccccc1C(=O)Nc1ccc(C(N)=O)cc1. The molecule has 146 valence electrons. The number of nitrogens with one attached hydrogen (secondary N) is 1. The standard InChI is InChI=1S/C23H21N3O3/c1-26(15-16-7-3-2-4-8-16)23(29)20-10-6-5-9-19(20)22(28)25-18-13-11-17(12-14-18)21(24)27/h2-14H,15H2,1H3,(H2,24,27)(H,25,28). The number of nitrogens with zero attached hydrogens (tertiary/aromatic N) is 1. The van der Waals surface area contributed by atoms with Crippen LogP contribution in [0, 0.1) is 0 Å². The first kappa shape index (κ1) is 19.8. The van der Waals surface area contributed by atoms with Crippen LogP contribution >= 0.6 is 0 Å². The zero-order valence-electron chi connectivity index (χ0n) is 16.0. The van der Waals surface area contributed by atoms with E-state index in [2.05, 4.69) is 5.32 Å². The Morgan fingerprint density at radius 1 is 0.828 bits per heavy atom. The maximum Gasteiger partial charge on any atom is 0.256 e. The van der Waals surface area contributed by atoms with Crippen molar-refractivity contribution in [3.63, 3.8) is 0 Å². The molecule has 3 aromatic carbocycles. The largest absolute Gasteiger partial charge is 0.366 e. The Bertz CT molecular complexity index is 1030. The van der Waals surface area contributed by atoms with E-state index in [1.807, 2.05) is 30.3 Å². The maximum absolute atomic E-state index is 12.9. The quantitative estimate of drug-likeness (QED) is 0.680. The molecule has 0 aliphatic heterocycles. The van der Waals surface area contributed by atoms with Gasteiger partial charge in [-0.3, -0.25) is 14.4 Å². The number of amides is 3. The lowest BCUT2D eigenvalue weighted by atomic mass is 10.0. The van der Waals surface area contributed by atoms with Crippen LogP contribution in [0.5, 0.6) is 0 Å². The molecule has 3 amide bonds. The highest BCUT2D eigenvalue weighted by Crippen LogP contribution is 2.16. The topological polar surface area (TPSA) is 92.5 Å². The Hall–Kier alpha value is -3.93. The van der Waals surface area contributed by atoms with Gasteiger partial charge in [-0.05, 0) is 42.0 Å². The van der Waals surface area contributed by atoms with Gasteiger partial charge in [0.05, 0.1) is 11.1 Å². The summed E-state index contributed by atoms with van der Waals surface area (Å²) in [4.78, 5) is 38.4. The third kappa shape index (κ3) is 4.87. The van der Waals surface area contributed by atoms with Crippen molar-refractivity contribution in [1.82, 2.24) is 4.90 Å². The van der Waals surface area contributed by atoms with Gasteiger partial charge in [-0.2, -0.15) is 0 Å². The molecule has 3 rings (SSSR count). The van der Waals surface area contributed by atoms with Crippen LogP contribution in [0.25, 0.3) is 0 Å². The van der Waals surface area contributed by atoms with Gasteiger partial charge in [-0.15, -0.1) is 0 Å². The number of rotatable bonds is 6. The molecule has 6 nitrogen and oxygen atoms in total. The van der Waals surface area contributed by atoms with Crippen LogP contribution < -0.4 is 11.1 Å². The van der Waals surface area contributed by atoms with E-state index in [9.17, 15) is 14.4 Å². The Kier molecular flexibility index (Phi) is 6.04. The Morgan fingerprint density at radius 2 is 1.41 bits per heavy atom. The molecule has 0 atom stereocenters. The average molecular weight is 387 g/mol. The number of carbonyl (C=O) groups excluding carboxylic acids is 3. The fraction of sp³-hybridized carbons (Fsp3) is 0.0870. The number of anilines is 1. The minimum Gasteiger partial charge on any atom is -0.366 e. The molecule has 29 heavy (non-hydrogen) atoms. The minimum atomic E-state index is -0.541. The molecule has 0 aliphatic rings. The van der Waals surface area contributed by atoms with Crippen molar-refractivity contribution in [2.45, 2.75) is 6.54 Å². The van der Waals surface area contributed by atoms with Crippen LogP contribution in [-0.4, -0.2) is 29.7 Å². The van der Waals surface area contributed by atoms with E-state index in [0.29, 0.717) is 23.4 Å². The highest BCUT2D eigenvalue weighted by molar-refractivity contribution is 6.12. The number of nitrogens with two attached hydrogens (primary N) is 1. The van der Waals surface area contributed by atoms with E-state index in [1.54, 1.807) is 48.3 Å². The van der Waals surface area contributed by atoms with E-state index >= 15 is 0 Å². The smallest absolute Gasteiger partial charge is 0.256 e. The molecule has 0 saturated heterocycles. The highest BCUT2D eigenvalue weighted by Gasteiger charge is 2.20. The fourth-order valence-electron chi connectivity index (χ4n) is 2.92. The van der Waals surface area contributed by atoms with Crippen molar-refractivity contribution in [3.05, 3.63) is 101 Å². The number of hydrogen-bond donors (Lipinski definition) is 2. The molecule has 0 heterocycles. The molecule has 0 saturated carbocycles. The van der Waals surface area contributed by atoms with Crippen molar-refractivity contribution in [2.24, 2.45) is 5.73 Å². The highest BCUT2D eigenvalue weighted by atomic mass is 16.2. The second kappa shape index (κ2) is 8.84. The zero-order chi connectivity index (χ0) is 20.8. The molecule has 0 spiro atoms. The van der Waals surface area contributed by atoms with Crippen LogP contribution in [0.3, 0.4) is 0 Å². The van der Waals surface area contributed by atoms with Gasteiger partial charge in [0.15, 0.2) is 0 Å². The third-order valence-corrected chi connectivity index (χ3v) is 4.44. The van der Waals surface area contributed by atoms with E-state index in [1.165, 1.54) is 12.1 Å². The molecule has 0 bridgehead atoms. The van der Waals surface area contributed by atoms with Gasteiger partial charge in [-0.1, -0.05) is 42.5 Å². The molecule has 3 N–H and O–H groups in total. The van der Waals surface area contributed by atoms with Crippen LogP contribution in [0.4, 0.5) is 5.69 Å². The second-order valence-electron chi connectivity index (χ2n) is 6.59. The van der Waals surface area contributed by atoms with Crippen LogP contribution in [0.2, 0.25) is 0 Å². The molecule has 6 heteroatoms. The predicted molar refractivity (Wildman–Crippen MR) is 112 cm³/mol. The summed E-state index contributed by atoms with van der Waals surface area (Å²) >= 11 is 0. The van der Waals surface area contributed by atoms with Crippen molar-refractivity contribution >= 4 is 23.4 Å². The predicted octanol–water partition coefficient (Wildman–Crippen LogP) is 3.31. The Morgan fingerprint density at radius 3 is 2.03 bits per heavy atom. The minimum absolute atomic E-state index is 0.247. The zero-order valence-corrected chi connectivity index (χ0v) is 16.0. The first-order chi connectivity index (χ1) is 14.0. The van der Waals surface area contributed by atoms with Crippen LogP contribution in [0.1, 0.15) is 36.6 Å². The van der Waals surface area contributed by atoms with Crippen molar-refractivity contribution < 1.29 is 14.4 Å². The molecule has 0 unspecified atom stereocenters. The lowest BCUT2D eigenvalue weighted by Crippen LogP contribution is -2.28. The third-order valence-electron chi connectivity index (χ3n) is 4.44. The van der Waals surface area contributed by atoms with E-state index in [4.69, 9.17) is 5.73 Å². The monoisotopic (exact) mass is 387 g/mol.